The van der Waals surface area contributed by atoms with Crippen LogP contribution in [0.4, 0.5) is 0 Å². The zero-order chi connectivity index (χ0) is 10.6. The predicted octanol–water partition coefficient (Wildman–Crippen LogP) is 2.40. The molecule has 1 aromatic rings. The molecular weight excluding hydrogens is 242 g/mol. The van der Waals surface area contributed by atoms with Crippen LogP contribution in [0.5, 0.6) is 0 Å². The Kier molecular flexibility index (Phi) is 4.58. The molecule has 0 radical (unpaired) electrons. The maximum atomic E-state index is 9.25. The molecule has 1 atom stereocenters. The smallest absolute Gasteiger partial charge is 0.0626 e. The zero-order valence-electron chi connectivity index (χ0n) is 8.55. The molecule has 78 valence electrons. The van der Waals surface area contributed by atoms with Gasteiger partial charge in [0.25, 0.3) is 0 Å². The number of hydrogen-bond acceptors (Lipinski definition) is 2. The molecule has 0 amide bonds. The third kappa shape index (κ3) is 2.80. The number of benzene rings is 1. The number of halogens is 1. The molecule has 1 rings (SSSR count). The van der Waals surface area contributed by atoms with E-state index in [4.69, 9.17) is 0 Å². The van der Waals surface area contributed by atoms with Gasteiger partial charge in [0.15, 0.2) is 0 Å². The highest BCUT2D eigenvalue weighted by Gasteiger charge is 2.11. The Bertz CT molecular complexity index is 301. The summed E-state index contributed by atoms with van der Waals surface area (Å²) in [5, 5.41) is 12.5. The molecule has 14 heavy (non-hydrogen) atoms. The molecule has 0 saturated carbocycles. The molecule has 0 spiro atoms. The Labute approximate surface area is 93.5 Å². The van der Waals surface area contributed by atoms with Gasteiger partial charge in [0.1, 0.15) is 0 Å². The van der Waals surface area contributed by atoms with Crippen LogP contribution in [0.25, 0.3) is 0 Å². The summed E-state index contributed by atoms with van der Waals surface area (Å²) < 4.78 is 1.05. The van der Waals surface area contributed by atoms with Crippen molar-refractivity contribution >= 4 is 15.9 Å². The van der Waals surface area contributed by atoms with Crippen LogP contribution < -0.4 is 5.32 Å². The van der Waals surface area contributed by atoms with Crippen molar-refractivity contribution in [2.75, 3.05) is 13.2 Å². The van der Waals surface area contributed by atoms with E-state index in [9.17, 15) is 5.11 Å². The fourth-order valence-corrected chi connectivity index (χ4v) is 1.88. The van der Waals surface area contributed by atoms with E-state index >= 15 is 0 Å². The maximum Gasteiger partial charge on any atom is 0.0626 e. The van der Waals surface area contributed by atoms with E-state index in [1.807, 2.05) is 13.0 Å². The summed E-state index contributed by atoms with van der Waals surface area (Å²) in [5.74, 6) is 0. The van der Waals surface area contributed by atoms with E-state index in [2.05, 4.69) is 40.3 Å². The third-order valence-corrected chi connectivity index (χ3v) is 2.74. The first-order valence-corrected chi connectivity index (χ1v) is 5.58. The minimum absolute atomic E-state index is 0.0394. The van der Waals surface area contributed by atoms with Crippen molar-refractivity contribution in [2.24, 2.45) is 0 Å². The van der Waals surface area contributed by atoms with Crippen LogP contribution in [-0.2, 0) is 0 Å². The van der Waals surface area contributed by atoms with Crippen LogP contribution in [0.3, 0.4) is 0 Å². The molecule has 0 bridgehead atoms. The summed E-state index contributed by atoms with van der Waals surface area (Å²) in [6.07, 6.45) is 0. The third-order valence-electron chi connectivity index (χ3n) is 2.25. The van der Waals surface area contributed by atoms with E-state index in [0.717, 1.165) is 16.6 Å². The highest BCUT2D eigenvalue weighted by molar-refractivity contribution is 9.10. The van der Waals surface area contributed by atoms with Gasteiger partial charge in [-0.15, -0.1) is 0 Å². The van der Waals surface area contributed by atoms with E-state index in [1.165, 1.54) is 5.56 Å². The van der Waals surface area contributed by atoms with E-state index < -0.39 is 0 Å². The Hall–Kier alpha value is -0.380. The second kappa shape index (κ2) is 5.49. The summed E-state index contributed by atoms with van der Waals surface area (Å²) >= 11 is 3.44. The second-order valence-electron chi connectivity index (χ2n) is 3.29. The molecule has 2 nitrogen and oxygen atoms in total. The molecule has 0 fully saturated rings. The lowest BCUT2D eigenvalue weighted by Gasteiger charge is -2.18. The highest BCUT2D eigenvalue weighted by atomic mass is 79.9. The fraction of sp³-hybridized carbons (Fsp3) is 0.455. The number of nitrogens with one attached hydrogen (secondary N) is 1. The lowest BCUT2D eigenvalue weighted by atomic mass is 10.0. The van der Waals surface area contributed by atoms with Crippen molar-refractivity contribution in [3.8, 4) is 0 Å². The Morgan fingerprint density at radius 2 is 2.21 bits per heavy atom. The Balaban J connectivity index is 2.96. The SMILES string of the molecule is CCNC(CO)c1cc(Br)ccc1C. The Morgan fingerprint density at radius 3 is 2.79 bits per heavy atom. The zero-order valence-corrected chi connectivity index (χ0v) is 10.1. The minimum atomic E-state index is 0.0394. The monoisotopic (exact) mass is 257 g/mol. The molecule has 0 heterocycles. The van der Waals surface area contributed by atoms with Crippen LogP contribution >= 0.6 is 15.9 Å². The first kappa shape index (κ1) is 11.7. The van der Waals surface area contributed by atoms with Crippen LogP contribution in [0, 0.1) is 6.92 Å². The number of aryl methyl sites for hydroxylation is 1. The molecule has 0 aromatic heterocycles. The van der Waals surface area contributed by atoms with Crippen molar-refractivity contribution in [3.63, 3.8) is 0 Å². The van der Waals surface area contributed by atoms with Crippen molar-refractivity contribution in [3.05, 3.63) is 33.8 Å². The summed E-state index contributed by atoms with van der Waals surface area (Å²) in [4.78, 5) is 0. The molecule has 0 saturated heterocycles. The predicted molar refractivity (Wildman–Crippen MR) is 62.4 cm³/mol. The van der Waals surface area contributed by atoms with Crippen LogP contribution in [0.2, 0.25) is 0 Å². The second-order valence-corrected chi connectivity index (χ2v) is 4.21. The van der Waals surface area contributed by atoms with Gasteiger partial charge in [-0.1, -0.05) is 28.9 Å². The first-order valence-electron chi connectivity index (χ1n) is 4.79. The lowest BCUT2D eigenvalue weighted by Crippen LogP contribution is -2.24. The van der Waals surface area contributed by atoms with Gasteiger partial charge in [0, 0.05) is 4.47 Å². The molecule has 0 aliphatic carbocycles. The van der Waals surface area contributed by atoms with Crippen LogP contribution in [-0.4, -0.2) is 18.3 Å². The molecular formula is C11H16BrNO. The van der Waals surface area contributed by atoms with Crippen LogP contribution in [0.1, 0.15) is 24.1 Å². The standard InChI is InChI=1S/C11H16BrNO/c1-3-13-11(7-14)10-6-9(12)5-4-8(10)2/h4-6,11,13-14H,3,7H2,1-2H3. The normalized spacial score (nSPS) is 12.9. The maximum absolute atomic E-state index is 9.25. The number of aliphatic hydroxyl groups is 1. The summed E-state index contributed by atoms with van der Waals surface area (Å²) in [7, 11) is 0. The van der Waals surface area contributed by atoms with Gasteiger partial charge >= 0.3 is 0 Å². The molecule has 1 aromatic carbocycles. The quantitative estimate of drug-likeness (QED) is 0.869. The lowest BCUT2D eigenvalue weighted by molar-refractivity contribution is 0.246. The summed E-state index contributed by atoms with van der Waals surface area (Å²) in [5.41, 5.74) is 2.36. The van der Waals surface area contributed by atoms with Crippen molar-refractivity contribution in [1.82, 2.24) is 5.32 Å². The van der Waals surface area contributed by atoms with Gasteiger partial charge < -0.3 is 10.4 Å². The van der Waals surface area contributed by atoms with Gasteiger partial charge in [-0.2, -0.15) is 0 Å². The number of hydrogen-bond donors (Lipinski definition) is 2. The minimum Gasteiger partial charge on any atom is -0.394 e. The van der Waals surface area contributed by atoms with Gasteiger partial charge in [0.2, 0.25) is 0 Å². The van der Waals surface area contributed by atoms with Crippen LogP contribution in [0.15, 0.2) is 22.7 Å². The fourth-order valence-electron chi connectivity index (χ4n) is 1.51. The number of aliphatic hydroxyl groups excluding tert-OH is 1. The van der Waals surface area contributed by atoms with Gasteiger partial charge in [-0.25, -0.2) is 0 Å². The average Bonchev–Trinajstić information content (AvgIpc) is 2.18. The van der Waals surface area contributed by atoms with Crippen molar-refractivity contribution in [2.45, 2.75) is 19.9 Å². The van der Waals surface area contributed by atoms with E-state index in [-0.39, 0.29) is 12.6 Å². The molecule has 3 heteroatoms. The molecule has 1 unspecified atom stereocenters. The summed E-state index contributed by atoms with van der Waals surface area (Å²) in [6.45, 7) is 5.08. The topological polar surface area (TPSA) is 32.3 Å². The molecule has 0 aliphatic heterocycles. The largest absolute Gasteiger partial charge is 0.394 e. The van der Waals surface area contributed by atoms with Gasteiger partial charge in [-0.05, 0) is 36.7 Å². The van der Waals surface area contributed by atoms with E-state index in [0.29, 0.717) is 0 Å². The van der Waals surface area contributed by atoms with E-state index in [1.54, 1.807) is 0 Å². The van der Waals surface area contributed by atoms with Crippen molar-refractivity contribution in [1.29, 1.82) is 0 Å². The molecule has 0 aliphatic rings. The summed E-state index contributed by atoms with van der Waals surface area (Å²) in [6, 6.07) is 6.16. The Morgan fingerprint density at radius 1 is 1.50 bits per heavy atom. The average molecular weight is 258 g/mol. The molecule has 2 N–H and O–H groups in total. The van der Waals surface area contributed by atoms with Gasteiger partial charge in [-0.3, -0.25) is 0 Å². The number of rotatable bonds is 4. The first-order chi connectivity index (χ1) is 6.69. The van der Waals surface area contributed by atoms with Gasteiger partial charge in [0.05, 0.1) is 12.6 Å². The number of likely N-dealkylation sites (N-methyl/N-ethyl adjacent to an activating group) is 1. The highest BCUT2D eigenvalue weighted by Crippen LogP contribution is 2.21. The van der Waals surface area contributed by atoms with Crippen molar-refractivity contribution < 1.29 is 5.11 Å².